The van der Waals surface area contributed by atoms with E-state index in [1.54, 1.807) is 36.5 Å². The molecule has 1 heterocycles. The number of rotatable bonds is 4. The molecule has 0 aliphatic carbocycles. The summed E-state index contributed by atoms with van der Waals surface area (Å²) >= 11 is 8.18. The molecule has 1 amide bonds. The molecule has 1 aromatic heterocycles. The number of hydrogen-bond acceptors (Lipinski definition) is 4. The predicted octanol–water partition coefficient (Wildman–Crippen LogP) is 2.74. The van der Waals surface area contributed by atoms with Gasteiger partial charge in [-0.25, -0.2) is 4.98 Å². The zero-order valence-electron chi connectivity index (χ0n) is 11.1. The number of nitrogens with two attached hydrogens (primary N) is 1. The number of pyridine rings is 1. The number of carbonyl (C=O) groups excluding carboxylic acids is 1. The Bertz CT molecular complexity index is 689. The minimum Gasteiger partial charge on any atom is -0.495 e. The molecule has 0 fully saturated rings. The summed E-state index contributed by atoms with van der Waals surface area (Å²) in [6.45, 7) is 0. The van der Waals surface area contributed by atoms with E-state index >= 15 is 0 Å². The molecule has 7 heteroatoms. The van der Waals surface area contributed by atoms with Crippen molar-refractivity contribution in [3.63, 3.8) is 0 Å². The third kappa shape index (κ3) is 3.77. The maximum atomic E-state index is 12.1. The summed E-state index contributed by atoms with van der Waals surface area (Å²) in [7, 11) is 1.51. The number of nitrogens with one attached hydrogen (secondary N) is 1. The van der Waals surface area contributed by atoms with Gasteiger partial charge in [0.25, 0.3) is 5.91 Å². The molecule has 108 valence electrons. The summed E-state index contributed by atoms with van der Waals surface area (Å²) in [6, 6.07) is 8.44. The van der Waals surface area contributed by atoms with E-state index in [0.717, 1.165) is 4.47 Å². The fraction of sp³-hybridized carbons (Fsp3) is 0.0714. The summed E-state index contributed by atoms with van der Waals surface area (Å²) in [5.74, 6) is 0.148. The second kappa shape index (κ2) is 6.64. The molecular weight excluding hydrogens is 354 g/mol. The minimum atomic E-state index is -0.330. The zero-order chi connectivity index (χ0) is 15.4. The number of ether oxygens (including phenoxy) is 1. The first-order valence-electron chi connectivity index (χ1n) is 5.92. The molecule has 0 bridgehead atoms. The van der Waals surface area contributed by atoms with Crippen LogP contribution in [0.1, 0.15) is 16.1 Å². The molecule has 1 aromatic carbocycles. The molecule has 0 spiro atoms. The van der Waals surface area contributed by atoms with Crippen molar-refractivity contribution < 1.29 is 9.53 Å². The molecule has 0 radical (unpaired) electrons. The summed E-state index contributed by atoms with van der Waals surface area (Å²) in [4.78, 5) is 16.4. The third-order valence-corrected chi connectivity index (χ3v) is 3.40. The van der Waals surface area contributed by atoms with E-state index in [-0.39, 0.29) is 10.9 Å². The van der Waals surface area contributed by atoms with E-state index in [4.69, 9.17) is 22.7 Å². The standard InChI is InChI=1S/C14H12BrN3O2S/c1-20-12-6-8(13(16)21)2-4-10(12)18-14(19)11-5-3-9(15)7-17-11/h2-7H,1H3,(H2,16,21)(H,18,19). The molecule has 2 aromatic rings. The Labute approximate surface area is 135 Å². The van der Waals surface area contributed by atoms with Gasteiger partial charge in [0.15, 0.2) is 0 Å². The Kier molecular flexibility index (Phi) is 4.87. The number of methoxy groups -OCH3 is 1. The van der Waals surface area contributed by atoms with Crippen LogP contribution in [0, 0.1) is 0 Å². The van der Waals surface area contributed by atoms with Crippen molar-refractivity contribution in [1.29, 1.82) is 0 Å². The van der Waals surface area contributed by atoms with Crippen molar-refractivity contribution in [2.75, 3.05) is 12.4 Å². The number of hydrogen-bond donors (Lipinski definition) is 2. The molecule has 0 unspecified atom stereocenters. The fourth-order valence-electron chi connectivity index (χ4n) is 1.64. The Balaban J connectivity index is 2.24. The summed E-state index contributed by atoms with van der Waals surface area (Å²) in [5.41, 5.74) is 7.06. The van der Waals surface area contributed by atoms with Crippen LogP contribution in [0.5, 0.6) is 5.75 Å². The summed E-state index contributed by atoms with van der Waals surface area (Å²) in [5, 5.41) is 2.74. The molecule has 0 aliphatic rings. The second-order valence-corrected chi connectivity index (χ2v) is 5.45. The van der Waals surface area contributed by atoms with Gasteiger partial charge in [0.2, 0.25) is 0 Å². The maximum Gasteiger partial charge on any atom is 0.274 e. The van der Waals surface area contributed by atoms with Crippen LogP contribution >= 0.6 is 28.1 Å². The SMILES string of the molecule is COc1cc(C(N)=S)ccc1NC(=O)c1ccc(Br)cn1. The fourth-order valence-corrected chi connectivity index (χ4v) is 2.01. The van der Waals surface area contributed by atoms with Gasteiger partial charge in [-0.2, -0.15) is 0 Å². The van der Waals surface area contributed by atoms with Crippen LogP contribution in [0.3, 0.4) is 0 Å². The number of benzene rings is 1. The van der Waals surface area contributed by atoms with E-state index in [1.165, 1.54) is 7.11 Å². The lowest BCUT2D eigenvalue weighted by Crippen LogP contribution is -2.15. The average Bonchev–Trinajstić information content (AvgIpc) is 2.48. The quantitative estimate of drug-likeness (QED) is 0.814. The van der Waals surface area contributed by atoms with Crippen molar-refractivity contribution in [2.45, 2.75) is 0 Å². The van der Waals surface area contributed by atoms with Gasteiger partial charge in [-0.15, -0.1) is 0 Å². The molecule has 2 rings (SSSR count). The Morgan fingerprint density at radius 2 is 2.14 bits per heavy atom. The third-order valence-electron chi connectivity index (χ3n) is 2.69. The van der Waals surface area contributed by atoms with Crippen molar-refractivity contribution in [3.05, 3.63) is 52.3 Å². The van der Waals surface area contributed by atoms with Crippen LogP contribution in [-0.2, 0) is 0 Å². The van der Waals surface area contributed by atoms with Gasteiger partial charge in [-0.1, -0.05) is 12.2 Å². The number of thiocarbonyl (C=S) groups is 1. The highest BCUT2D eigenvalue weighted by Crippen LogP contribution is 2.26. The van der Waals surface area contributed by atoms with Crippen molar-refractivity contribution in [2.24, 2.45) is 5.73 Å². The maximum absolute atomic E-state index is 12.1. The van der Waals surface area contributed by atoms with E-state index in [9.17, 15) is 4.79 Å². The lowest BCUT2D eigenvalue weighted by Gasteiger charge is -2.11. The highest BCUT2D eigenvalue weighted by atomic mass is 79.9. The van der Waals surface area contributed by atoms with Gasteiger partial charge >= 0.3 is 0 Å². The molecule has 0 aliphatic heterocycles. The molecule has 0 atom stereocenters. The van der Waals surface area contributed by atoms with Crippen molar-refractivity contribution in [1.82, 2.24) is 4.98 Å². The van der Waals surface area contributed by atoms with Crippen LogP contribution in [0.2, 0.25) is 0 Å². The van der Waals surface area contributed by atoms with Gasteiger partial charge in [0.05, 0.1) is 12.8 Å². The van der Waals surface area contributed by atoms with Gasteiger partial charge in [0, 0.05) is 16.2 Å². The smallest absolute Gasteiger partial charge is 0.274 e. The molecule has 3 N–H and O–H groups in total. The predicted molar refractivity (Wildman–Crippen MR) is 88.8 cm³/mol. The van der Waals surface area contributed by atoms with Gasteiger partial charge in [-0.3, -0.25) is 4.79 Å². The van der Waals surface area contributed by atoms with E-state index in [0.29, 0.717) is 22.7 Å². The second-order valence-electron chi connectivity index (χ2n) is 4.10. The van der Waals surface area contributed by atoms with Crippen LogP contribution in [-0.4, -0.2) is 23.0 Å². The molecular formula is C14H12BrN3O2S. The molecule has 0 saturated carbocycles. The van der Waals surface area contributed by atoms with Gasteiger partial charge in [-0.05, 0) is 46.3 Å². The molecule has 0 saturated heterocycles. The normalized spacial score (nSPS) is 10.0. The highest BCUT2D eigenvalue weighted by molar-refractivity contribution is 9.10. The van der Waals surface area contributed by atoms with Crippen LogP contribution in [0.15, 0.2) is 41.0 Å². The zero-order valence-corrected chi connectivity index (χ0v) is 13.5. The number of nitrogens with zero attached hydrogens (tertiary/aromatic N) is 1. The number of anilines is 1. The Morgan fingerprint density at radius 1 is 1.38 bits per heavy atom. The largest absolute Gasteiger partial charge is 0.495 e. The van der Waals surface area contributed by atoms with Crippen LogP contribution in [0.4, 0.5) is 5.69 Å². The van der Waals surface area contributed by atoms with Gasteiger partial charge < -0.3 is 15.8 Å². The molecule has 21 heavy (non-hydrogen) atoms. The number of amides is 1. The van der Waals surface area contributed by atoms with E-state index in [1.807, 2.05) is 0 Å². The van der Waals surface area contributed by atoms with Crippen LogP contribution in [0.25, 0.3) is 0 Å². The topological polar surface area (TPSA) is 77.2 Å². The summed E-state index contributed by atoms with van der Waals surface area (Å²) in [6.07, 6.45) is 1.56. The number of carbonyl (C=O) groups is 1. The first kappa shape index (κ1) is 15.4. The van der Waals surface area contributed by atoms with E-state index in [2.05, 4.69) is 26.2 Å². The molecule has 5 nitrogen and oxygen atoms in total. The Hall–Kier alpha value is -1.99. The lowest BCUT2D eigenvalue weighted by molar-refractivity contribution is 0.102. The Morgan fingerprint density at radius 3 is 2.71 bits per heavy atom. The van der Waals surface area contributed by atoms with Crippen LogP contribution < -0.4 is 15.8 Å². The van der Waals surface area contributed by atoms with Crippen molar-refractivity contribution >= 4 is 44.7 Å². The first-order chi connectivity index (χ1) is 10.0. The lowest BCUT2D eigenvalue weighted by atomic mass is 10.2. The minimum absolute atomic E-state index is 0.265. The highest BCUT2D eigenvalue weighted by Gasteiger charge is 2.12. The van der Waals surface area contributed by atoms with E-state index < -0.39 is 0 Å². The first-order valence-corrected chi connectivity index (χ1v) is 7.12. The number of halogens is 1. The average molecular weight is 366 g/mol. The summed E-state index contributed by atoms with van der Waals surface area (Å²) < 4.78 is 6.04. The van der Waals surface area contributed by atoms with Gasteiger partial charge in [0.1, 0.15) is 16.4 Å². The van der Waals surface area contributed by atoms with Crippen molar-refractivity contribution in [3.8, 4) is 5.75 Å². The number of aromatic nitrogens is 1. The monoisotopic (exact) mass is 365 g/mol.